The van der Waals surface area contributed by atoms with Gasteiger partial charge in [-0.25, -0.2) is 5.43 Å². The standard InChI is InChI=1S/C9H16N2O/c1-3-8(11-10)7-5-6-12-9(7)4-2/h1,7-9,11H,4-6,10H2,2H3. The first-order valence-corrected chi connectivity index (χ1v) is 4.37. The first kappa shape index (κ1) is 9.53. The molecule has 0 saturated carbocycles. The lowest BCUT2D eigenvalue weighted by atomic mass is 9.92. The summed E-state index contributed by atoms with van der Waals surface area (Å²) in [6.07, 6.45) is 7.63. The SMILES string of the molecule is C#CC(NN)C1CCOC1CC. The zero-order valence-electron chi connectivity index (χ0n) is 7.42. The van der Waals surface area contributed by atoms with Crippen molar-refractivity contribution in [1.82, 2.24) is 5.43 Å². The Bertz CT molecular complexity index is 176. The molecule has 1 heterocycles. The molecular weight excluding hydrogens is 152 g/mol. The number of hydrazine groups is 1. The number of terminal acetylenes is 1. The number of hydrogen-bond donors (Lipinski definition) is 2. The van der Waals surface area contributed by atoms with E-state index in [0.29, 0.717) is 5.92 Å². The maximum Gasteiger partial charge on any atom is 0.0868 e. The van der Waals surface area contributed by atoms with Crippen molar-refractivity contribution in [2.24, 2.45) is 11.8 Å². The molecule has 1 rings (SSSR count). The van der Waals surface area contributed by atoms with E-state index in [9.17, 15) is 0 Å². The summed E-state index contributed by atoms with van der Waals surface area (Å²) in [5.41, 5.74) is 2.64. The molecule has 0 amide bonds. The molecule has 68 valence electrons. The van der Waals surface area contributed by atoms with Crippen molar-refractivity contribution in [3.8, 4) is 12.3 Å². The van der Waals surface area contributed by atoms with Crippen molar-refractivity contribution in [2.75, 3.05) is 6.61 Å². The van der Waals surface area contributed by atoms with Crippen LogP contribution in [0, 0.1) is 18.3 Å². The van der Waals surface area contributed by atoms with Gasteiger partial charge in [0.25, 0.3) is 0 Å². The second-order valence-corrected chi connectivity index (χ2v) is 3.08. The van der Waals surface area contributed by atoms with E-state index < -0.39 is 0 Å². The summed E-state index contributed by atoms with van der Waals surface area (Å²) < 4.78 is 5.51. The van der Waals surface area contributed by atoms with Gasteiger partial charge in [-0.1, -0.05) is 12.8 Å². The number of hydrogen-bond acceptors (Lipinski definition) is 3. The number of ether oxygens (including phenoxy) is 1. The Hall–Kier alpha value is -0.560. The van der Waals surface area contributed by atoms with Crippen LogP contribution in [0.2, 0.25) is 0 Å². The van der Waals surface area contributed by atoms with Crippen LogP contribution >= 0.6 is 0 Å². The molecule has 0 aliphatic carbocycles. The molecule has 1 aliphatic heterocycles. The second kappa shape index (κ2) is 4.46. The van der Waals surface area contributed by atoms with Crippen molar-refractivity contribution >= 4 is 0 Å². The van der Waals surface area contributed by atoms with E-state index in [1.54, 1.807) is 0 Å². The topological polar surface area (TPSA) is 47.3 Å². The van der Waals surface area contributed by atoms with Crippen molar-refractivity contribution < 1.29 is 4.74 Å². The molecule has 12 heavy (non-hydrogen) atoms. The van der Waals surface area contributed by atoms with Gasteiger partial charge in [0, 0.05) is 12.5 Å². The van der Waals surface area contributed by atoms with Crippen LogP contribution < -0.4 is 11.3 Å². The minimum atomic E-state index is -0.0440. The van der Waals surface area contributed by atoms with E-state index in [1.807, 2.05) is 0 Å². The quantitative estimate of drug-likeness (QED) is 0.361. The van der Waals surface area contributed by atoms with Gasteiger partial charge < -0.3 is 4.74 Å². The van der Waals surface area contributed by atoms with Crippen LogP contribution in [-0.4, -0.2) is 18.8 Å². The highest BCUT2D eigenvalue weighted by Gasteiger charge is 2.31. The lowest BCUT2D eigenvalue weighted by molar-refractivity contribution is 0.0826. The lowest BCUT2D eigenvalue weighted by Crippen LogP contribution is -2.42. The summed E-state index contributed by atoms with van der Waals surface area (Å²) in [7, 11) is 0. The second-order valence-electron chi connectivity index (χ2n) is 3.08. The maximum absolute atomic E-state index is 5.51. The first-order chi connectivity index (χ1) is 5.83. The molecular formula is C9H16N2O. The summed E-state index contributed by atoms with van der Waals surface area (Å²) in [6, 6.07) is -0.0440. The maximum atomic E-state index is 5.51. The molecule has 1 saturated heterocycles. The van der Waals surface area contributed by atoms with E-state index in [2.05, 4.69) is 18.3 Å². The lowest BCUT2D eigenvalue weighted by Gasteiger charge is -2.21. The Morgan fingerprint density at radius 1 is 1.83 bits per heavy atom. The molecule has 0 radical (unpaired) electrons. The molecule has 3 unspecified atom stereocenters. The van der Waals surface area contributed by atoms with Gasteiger partial charge in [-0.15, -0.1) is 6.42 Å². The van der Waals surface area contributed by atoms with Gasteiger partial charge in [0.05, 0.1) is 12.1 Å². The van der Waals surface area contributed by atoms with Crippen molar-refractivity contribution in [3.05, 3.63) is 0 Å². The van der Waals surface area contributed by atoms with Crippen LogP contribution in [0.25, 0.3) is 0 Å². The average molecular weight is 168 g/mol. The third-order valence-corrected chi connectivity index (χ3v) is 2.45. The molecule has 0 spiro atoms. The fourth-order valence-electron chi connectivity index (χ4n) is 1.76. The molecule has 0 aromatic carbocycles. The molecule has 3 N–H and O–H groups in total. The Balaban J connectivity index is 2.54. The minimum Gasteiger partial charge on any atom is -0.378 e. The fraction of sp³-hybridized carbons (Fsp3) is 0.778. The van der Waals surface area contributed by atoms with Crippen LogP contribution in [0.5, 0.6) is 0 Å². The molecule has 0 bridgehead atoms. The van der Waals surface area contributed by atoms with E-state index in [0.717, 1.165) is 19.4 Å². The monoisotopic (exact) mass is 168 g/mol. The Kier molecular flexibility index (Phi) is 3.54. The molecule has 3 atom stereocenters. The van der Waals surface area contributed by atoms with Gasteiger partial charge in [0.15, 0.2) is 0 Å². The fourth-order valence-corrected chi connectivity index (χ4v) is 1.76. The summed E-state index contributed by atoms with van der Waals surface area (Å²) >= 11 is 0. The molecule has 3 nitrogen and oxygen atoms in total. The van der Waals surface area contributed by atoms with E-state index in [1.165, 1.54) is 0 Å². The van der Waals surface area contributed by atoms with Crippen LogP contribution in [0.15, 0.2) is 0 Å². The number of nitrogens with one attached hydrogen (secondary N) is 1. The molecule has 1 fully saturated rings. The highest BCUT2D eigenvalue weighted by Crippen LogP contribution is 2.25. The predicted octanol–water partition coefficient (Wildman–Crippen LogP) is 0.267. The Labute approximate surface area is 73.6 Å². The minimum absolute atomic E-state index is 0.0440. The summed E-state index contributed by atoms with van der Waals surface area (Å²) in [5, 5.41) is 0. The zero-order valence-corrected chi connectivity index (χ0v) is 7.42. The Morgan fingerprint density at radius 2 is 2.58 bits per heavy atom. The summed E-state index contributed by atoms with van der Waals surface area (Å²) in [6.45, 7) is 2.91. The van der Waals surface area contributed by atoms with E-state index >= 15 is 0 Å². The average Bonchev–Trinajstić information content (AvgIpc) is 2.55. The highest BCUT2D eigenvalue weighted by atomic mass is 16.5. The van der Waals surface area contributed by atoms with Gasteiger partial charge in [0.1, 0.15) is 0 Å². The first-order valence-electron chi connectivity index (χ1n) is 4.37. The van der Waals surface area contributed by atoms with Crippen molar-refractivity contribution in [1.29, 1.82) is 0 Å². The Morgan fingerprint density at radius 3 is 3.08 bits per heavy atom. The van der Waals surface area contributed by atoms with E-state index in [-0.39, 0.29) is 12.1 Å². The number of nitrogens with two attached hydrogens (primary N) is 1. The summed E-state index contributed by atoms with van der Waals surface area (Å²) in [4.78, 5) is 0. The predicted molar refractivity (Wildman–Crippen MR) is 48.1 cm³/mol. The van der Waals surface area contributed by atoms with Crippen LogP contribution in [0.1, 0.15) is 19.8 Å². The van der Waals surface area contributed by atoms with Gasteiger partial charge >= 0.3 is 0 Å². The molecule has 0 aromatic heterocycles. The van der Waals surface area contributed by atoms with Gasteiger partial charge in [-0.05, 0) is 12.8 Å². The molecule has 3 heteroatoms. The highest BCUT2D eigenvalue weighted by molar-refractivity contribution is 5.04. The van der Waals surface area contributed by atoms with Crippen LogP contribution in [-0.2, 0) is 4.74 Å². The van der Waals surface area contributed by atoms with Crippen molar-refractivity contribution in [3.63, 3.8) is 0 Å². The van der Waals surface area contributed by atoms with Gasteiger partial charge in [0.2, 0.25) is 0 Å². The molecule has 1 aliphatic rings. The van der Waals surface area contributed by atoms with Gasteiger partial charge in [-0.2, -0.15) is 0 Å². The smallest absolute Gasteiger partial charge is 0.0868 e. The van der Waals surface area contributed by atoms with Crippen molar-refractivity contribution in [2.45, 2.75) is 31.9 Å². The zero-order chi connectivity index (χ0) is 8.97. The third-order valence-electron chi connectivity index (χ3n) is 2.45. The largest absolute Gasteiger partial charge is 0.378 e. The molecule has 0 aromatic rings. The third kappa shape index (κ3) is 1.78. The van der Waals surface area contributed by atoms with E-state index in [4.69, 9.17) is 17.0 Å². The summed E-state index contributed by atoms with van der Waals surface area (Å²) in [5.74, 6) is 8.35. The van der Waals surface area contributed by atoms with Gasteiger partial charge in [-0.3, -0.25) is 5.84 Å². The van der Waals surface area contributed by atoms with Crippen LogP contribution in [0.3, 0.4) is 0 Å². The normalized spacial score (nSPS) is 31.4. The van der Waals surface area contributed by atoms with Crippen LogP contribution in [0.4, 0.5) is 0 Å². The number of rotatable bonds is 3.